The first-order valence-electron chi connectivity index (χ1n) is 6.75. The van der Waals surface area contributed by atoms with Crippen molar-refractivity contribution >= 4 is 53.4 Å². The third kappa shape index (κ3) is 3.91. The van der Waals surface area contributed by atoms with Crippen molar-refractivity contribution in [2.75, 3.05) is 17.2 Å². The summed E-state index contributed by atoms with van der Waals surface area (Å²) in [5.74, 6) is -0.0724. The Kier molecular flexibility index (Phi) is 6.66. The molecule has 0 spiro atoms. The average molecular weight is 360 g/mol. The number of aromatic nitrogens is 1. The van der Waals surface area contributed by atoms with Gasteiger partial charge in [0.05, 0.1) is 10.7 Å². The van der Waals surface area contributed by atoms with Crippen LogP contribution in [0.15, 0.2) is 18.2 Å². The fraction of sp³-hybridized carbons (Fsp3) is 0.333. The van der Waals surface area contributed by atoms with Gasteiger partial charge in [0.15, 0.2) is 0 Å². The van der Waals surface area contributed by atoms with Crippen LogP contribution in [0.25, 0.3) is 0 Å². The van der Waals surface area contributed by atoms with Crippen molar-refractivity contribution in [3.8, 4) is 0 Å². The Morgan fingerprint density at radius 2 is 2.09 bits per heavy atom. The summed E-state index contributed by atoms with van der Waals surface area (Å²) in [7, 11) is 0. The van der Waals surface area contributed by atoms with Crippen molar-refractivity contribution in [1.82, 2.24) is 4.98 Å². The molecule has 4 nitrogen and oxygen atoms in total. The topological polar surface area (TPSA) is 54.0 Å². The Morgan fingerprint density at radius 1 is 1.32 bits per heavy atom. The van der Waals surface area contributed by atoms with Crippen LogP contribution in [-0.2, 0) is 6.42 Å². The predicted octanol–water partition coefficient (Wildman–Crippen LogP) is 4.21. The second-order valence-corrected chi connectivity index (χ2v) is 6.21. The second-order valence-electron chi connectivity index (χ2n) is 5.00. The highest BCUT2D eigenvalue weighted by atomic mass is 35.5. The molecule has 7 heteroatoms. The quantitative estimate of drug-likeness (QED) is 0.843. The van der Waals surface area contributed by atoms with Gasteiger partial charge in [-0.05, 0) is 50.5 Å². The summed E-state index contributed by atoms with van der Waals surface area (Å²) in [5, 5.41) is 7.25. The van der Waals surface area contributed by atoms with Crippen molar-refractivity contribution in [3.63, 3.8) is 0 Å². The Labute approximate surface area is 146 Å². The van der Waals surface area contributed by atoms with Crippen molar-refractivity contribution in [3.05, 3.63) is 39.3 Å². The number of halogens is 2. The minimum absolute atomic E-state index is 0. The molecule has 0 saturated heterocycles. The molecule has 1 aromatic heterocycles. The number of rotatable bonds is 2. The zero-order valence-electron chi connectivity index (χ0n) is 12.4. The zero-order chi connectivity index (χ0) is 14.1. The van der Waals surface area contributed by atoms with E-state index in [1.54, 1.807) is 0 Å². The van der Waals surface area contributed by atoms with E-state index in [0.29, 0.717) is 4.88 Å². The van der Waals surface area contributed by atoms with E-state index in [2.05, 4.69) is 21.7 Å². The molecule has 3 rings (SSSR count). The Balaban J connectivity index is 0.00000121. The van der Waals surface area contributed by atoms with Crippen LogP contribution in [0, 0.1) is 13.8 Å². The number of carbonyl (C=O) groups excluding carboxylic acids is 1. The summed E-state index contributed by atoms with van der Waals surface area (Å²) in [4.78, 5) is 17.2. The number of aryl methyl sites for hydroxylation is 3. The monoisotopic (exact) mass is 359 g/mol. The first-order chi connectivity index (χ1) is 9.63. The molecule has 0 bridgehead atoms. The summed E-state index contributed by atoms with van der Waals surface area (Å²) >= 11 is 1.43. The third-order valence-corrected chi connectivity index (χ3v) is 4.48. The van der Waals surface area contributed by atoms with Gasteiger partial charge >= 0.3 is 0 Å². The van der Waals surface area contributed by atoms with E-state index in [0.717, 1.165) is 35.8 Å². The molecule has 1 aliphatic heterocycles. The third-order valence-electron chi connectivity index (χ3n) is 3.41. The zero-order valence-corrected chi connectivity index (χ0v) is 14.9. The van der Waals surface area contributed by atoms with Gasteiger partial charge in [-0.1, -0.05) is 0 Å². The Bertz CT molecular complexity index is 673. The first kappa shape index (κ1) is 18.7. The molecule has 0 saturated carbocycles. The molecule has 1 aromatic carbocycles. The maximum atomic E-state index is 12.3. The molecule has 0 atom stereocenters. The van der Waals surface area contributed by atoms with Crippen LogP contribution >= 0.6 is 36.2 Å². The largest absolute Gasteiger partial charge is 0.385 e. The van der Waals surface area contributed by atoms with Crippen LogP contribution in [-0.4, -0.2) is 17.4 Å². The average Bonchev–Trinajstić information content (AvgIpc) is 2.78. The molecule has 0 unspecified atom stereocenters. The van der Waals surface area contributed by atoms with Gasteiger partial charge in [-0.2, -0.15) is 0 Å². The van der Waals surface area contributed by atoms with Crippen LogP contribution < -0.4 is 10.6 Å². The van der Waals surface area contributed by atoms with E-state index in [1.165, 1.54) is 22.6 Å². The molecule has 2 aromatic rings. The van der Waals surface area contributed by atoms with Gasteiger partial charge in [0, 0.05) is 17.9 Å². The number of nitrogens with zero attached hydrogens (tertiary/aromatic N) is 1. The molecule has 120 valence electrons. The molecular formula is C15H19Cl2N3OS. The summed E-state index contributed by atoms with van der Waals surface area (Å²) < 4.78 is 0. The van der Waals surface area contributed by atoms with Crippen molar-refractivity contribution in [2.45, 2.75) is 26.7 Å². The fourth-order valence-corrected chi connectivity index (χ4v) is 3.30. The second kappa shape index (κ2) is 7.81. The lowest BCUT2D eigenvalue weighted by Crippen LogP contribution is -2.14. The predicted molar refractivity (Wildman–Crippen MR) is 97.3 cm³/mol. The van der Waals surface area contributed by atoms with Crippen LogP contribution in [0.4, 0.5) is 11.4 Å². The molecule has 2 heterocycles. The summed E-state index contributed by atoms with van der Waals surface area (Å²) in [6.07, 6.45) is 2.20. The number of carbonyl (C=O) groups is 1. The molecule has 0 fully saturated rings. The lowest BCUT2D eigenvalue weighted by atomic mass is 10.0. The van der Waals surface area contributed by atoms with E-state index in [-0.39, 0.29) is 30.7 Å². The SMILES string of the molecule is Cc1nc(C)c(C(=O)Nc2ccc3c(c2)CCCN3)s1.Cl.Cl. The maximum absolute atomic E-state index is 12.3. The number of fused-ring (bicyclic) bond motifs is 1. The number of hydrogen-bond acceptors (Lipinski definition) is 4. The fourth-order valence-electron chi connectivity index (χ4n) is 2.48. The van der Waals surface area contributed by atoms with Crippen LogP contribution in [0.3, 0.4) is 0 Å². The van der Waals surface area contributed by atoms with E-state index in [4.69, 9.17) is 0 Å². The summed E-state index contributed by atoms with van der Waals surface area (Å²) in [6, 6.07) is 6.04. The summed E-state index contributed by atoms with van der Waals surface area (Å²) in [6.45, 7) is 4.81. The standard InChI is InChI=1S/C15H17N3OS.2ClH/c1-9-14(20-10(2)17-9)15(19)18-12-5-6-13-11(8-12)4-3-7-16-13;;/h5-6,8,16H,3-4,7H2,1-2H3,(H,18,19);2*1H. The van der Waals surface area contributed by atoms with Gasteiger partial charge in [0.2, 0.25) is 0 Å². The van der Waals surface area contributed by atoms with Gasteiger partial charge < -0.3 is 10.6 Å². The van der Waals surface area contributed by atoms with Crippen molar-refractivity contribution < 1.29 is 4.79 Å². The first-order valence-corrected chi connectivity index (χ1v) is 7.57. The summed E-state index contributed by atoms with van der Waals surface area (Å²) in [5.41, 5.74) is 4.10. The van der Waals surface area contributed by atoms with Crippen LogP contribution in [0.1, 0.15) is 32.4 Å². The van der Waals surface area contributed by atoms with E-state index < -0.39 is 0 Å². The van der Waals surface area contributed by atoms with Gasteiger partial charge in [0.25, 0.3) is 5.91 Å². The number of hydrogen-bond donors (Lipinski definition) is 2. The lowest BCUT2D eigenvalue weighted by molar-refractivity contribution is 0.103. The van der Waals surface area contributed by atoms with Crippen molar-refractivity contribution in [1.29, 1.82) is 0 Å². The molecule has 0 radical (unpaired) electrons. The molecule has 2 N–H and O–H groups in total. The number of nitrogens with one attached hydrogen (secondary N) is 2. The molecule has 22 heavy (non-hydrogen) atoms. The number of thiazole rings is 1. The van der Waals surface area contributed by atoms with Gasteiger partial charge in [0.1, 0.15) is 4.88 Å². The van der Waals surface area contributed by atoms with Crippen LogP contribution in [0.2, 0.25) is 0 Å². The molecule has 0 aliphatic carbocycles. The number of benzene rings is 1. The van der Waals surface area contributed by atoms with Gasteiger partial charge in [-0.3, -0.25) is 4.79 Å². The number of amides is 1. The molecule has 1 aliphatic rings. The highest BCUT2D eigenvalue weighted by Crippen LogP contribution is 2.26. The highest BCUT2D eigenvalue weighted by molar-refractivity contribution is 7.13. The lowest BCUT2D eigenvalue weighted by Gasteiger charge is -2.18. The number of anilines is 2. The minimum Gasteiger partial charge on any atom is -0.385 e. The van der Waals surface area contributed by atoms with Gasteiger partial charge in [-0.15, -0.1) is 36.2 Å². The highest BCUT2D eigenvalue weighted by Gasteiger charge is 2.15. The van der Waals surface area contributed by atoms with Crippen LogP contribution in [0.5, 0.6) is 0 Å². The minimum atomic E-state index is -0.0724. The smallest absolute Gasteiger partial charge is 0.267 e. The van der Waals surface area contributed by atoms with E-state index in [9.17, 15) is 4.79 Å². The maximum Gasteiger partial charge on any atom is 0.267 e. The van der Waals surface area contributed by atoms with Crippen molar-refractivity contribution in [2.24, 2.45) is 0 Å². The van der Waals surface area contributed by atoms with Gasteiger partial charge in [-0.25, -0.2) is 4.98 Å². The Morgan fingerprint density at radius 3 is 2.77 bits per heavy atom. The van der Waals surface area contributed by atoms with E-state index >= 15 is 0 Å². The molecule has 1 amide bonds. The normalized spacial score (nSPS) is 12.3. The molecular weight excluding hydrogens is 341 g/mol. The van der Waals surface area contributed by atoms with E-state index in [1.807, 2.05) is 26.0 Å². The Hall–Kier alpha value is -1.30.